The number of piperidine rings is 1. The number of benzene rings is 1. The quantitative estimate of drug-likeness (QED) is 0.268. The van der Waals surface area contributed by atoms with Gasteiger partial charge in [-0.15, -0.1) is 11.3 Å². The number of rotatable bonds is 12. The molecule has 0 saturated carbocycles. The van der Waals surface area contributed by atoms with Gasteiger partial charge in [-0.25, -0.2) is 4.98 Å². The molecule has 0 spiro atoms. The zero-order chi connectivity index (χ0) is 28.8. The topological polar surface area (TPSA) is 76.5 Å². The van der Waals surface area contributed by atoms with Crippen LogP contribution in [0.2, 0.25) is 0 Å². The van der Waals surface area contributed by atoms with Gasteiger partial charge >= 0.3 is 0 Å². The third-order valence-corrected chi connectivity index (χ3v) is 8.65. The zero-order valence-corrected chi connectivity index (χ0v) is 25.8. The van der Waals surface area contributed by atoms with Crippen LogP contribution in [0.5, 0.6) is 0 Å². The summed E-state index contributed by atoms with van der Waals surface area (Å²) in [4.78, 5) is 35.2. The van der Waals surface area contributed by atoms with E-state index in [9.17, 15) is 9.59 Å². The van der Waals surface area contributed by atoms with Crippen LogP contribution in [0, 0.1) is 5.92 Å². The third-order valence-electron chi connectivity index (χ3n) is 7.77. The second-order valence-electron chi connectivity index (χ2n) is 11.7. The maximum atomic E-state index is 13.5. The average Bonchev–Trinajstić information content (AvgIpc) is 3.56. The molecule has 1 N–H and O–H groups in total. The molecule has 2 aromatic heterocycles. The van der Waals surface area contributed by atoms with E-state index in [0.29, 0.717) is 31.1 Å². The van der Waals surface area contributed by atoms with Crippen LogP contribution in [0.4, 0.5) is 0 Å². The number of carbonyl (C=O) groups excluding carboxylic acids is 2. The smallest absolute Gasteiger partial charge is 0.252 e. The summed E-state index contributed by atoms with van der Waals surface area (Å²) in [6.45, 7) is 14.0. The molecular formula is C32H46N4O3S. The van der Waals surface area contributed by atoms with Gasteiger partial charge in [0.1, 0.15) is 11.9 Å². The van der Waals surface area contributed by atoms with E-state index < -0.39 is 6.04 Å². The molecule has 0 aliphatic carbocycles. The Morgan fingerprint density at radius 1 is 1.10 bits per heavy atom. The van der Waals surface area contributed by atoms with Crippen molar-refractivity contribution < 1.29 is 14.3 Å². The number of ether oxygens (including phenoxy) is 1. The van der Waals surface area contributed by atoms with E-state index in [2.05, 4.69) is 55.1 Å². The fourth-order valence-corrected chi connectivity index (χ4v) is 6.50. The lowest BCUT2D eigenvalue weighted by Crippen LogP contribution is -2.52. The second kappa shape index (κ2) is 13.8. The molecule has 1 aliphatic heterocycles. The number of imidazole rings is 1. The molecule has 0 unspecified atom stereocenters. The van der Waals surface area contributed by atoms with Gasteiger partial charge in [0.05, 0.1) is 23.2 Å². The van der Waals surface area contributed by atoms with Gasteiger partial charge < -0.3 is 19.5 Å². The fourth-order valence-electron chi connectivity index (χ4n) is 5.80. The molecule has 7 nitrogen and oxygen atoms in total. The number of thiophene rings is 1. The van der Waals surface area contributed by atoms with Crippen molar-refractivity contribution in [1.82, 2.24) is 19.8 Å². The molecule has 3 heterocycles. The summed E-state index contributed by atoms with van der Waals surface area (Å²) in [7, 11) is 0. The third kappa shape index (κ3) is 7.32. The van der Waals surface area contributed by atoms with Crippen molar-refractivity contribution in [1.29, 1.82) is 0 Å². The molecule has 1 fully saturated rings. The van der Waals surface area contributed by atoms with Gasteiger partial charge in [0.25, 0.3) is 5.91 Å². The van der Waals surface area contributed by atoms with Gasteiger partial charge in [-0.3, -0.25) is 9.59 Å². The molecule has 1 aliphatic rings. The van der Waals surface area contributed by atoms with Crippen LogP contribution in [-0.4, -0.2) is 57.6 Å². The summed E-state index contributed by atoms with van der Waals surface area (Å²) in [6, 6.07) is 9.79. The minimum atomic E-state index is -0.553. The highest BCUT2D eigenvalue weighted by Crippen LogP contribution is 2.28. The molecule has 40 heavy (non-hydrogen) atoms. The predicted octanol–water partition coefficient (Wildman–Crippen LogP) is 6.61. The maximum absolute atomic E-state index is 13.5. The lowest BCUT2D eigenvalue weighted by Gasteiger charge is -2.35. The van der Waals surface area contributed by atoms with E-state index in [1.807, 2.05) is 36.9 Å². The van der Waals surface area contributed by atoms with Crippen LogP contribution >= 0.6 is 11.3 Å². The van der Waals surface area contributed by atoms with Crippen LogP contribution in [0.3, 0.4) is 0 Å². The molecule has 1 aromatic carbocycles. The molecule has 8 heteroatoms. The summed E-state index contributed by atoms with van der Waals surface area (Å²) in [5.74, 6) is 1.08. The molecule has 218 valence electrons. The summed E-state index contributed by atoms with van der Waals surface area (Å²) >= 11 is 1.74. The zero-order valence-electron chi connectivity index (χ0n) is 25.0. The fraction of sp³-hybridized carbons (Fsp3) is 0.594. The van der Waals surface area contributed by atoms with Crippen LogP contribution in [-0.2, 0) is 16.0 Å². The van der Waals surface area contributed by atoms with Gasteiger partial charge in [-0.1, -0.05) is 33.8 Å². The van der Waals surface area contributed by atoms with E-state index in [-0.39, 0.29) is 29.9 Å². The number of amides is 2. The number of carbonyl (C=O) groups is 2. The average molecular weight is 567 g/mol. The molecule has 0 radical (unpaired) electrons. The molecule has 2 amide bonds. The predicted molar refractivity (Wildman–Crippen MR) is 163 cm³/mol. The Kier molecular flexibility index (Phi) is 10.4. The minimum Gasteiger partial charge on any atom is -0.375 e. The molecule has 4 rings (SSSR count). The first kappa shape index (κ1) is 30.3. The van der Waals surface area contributed by atoms with Crippen LogP contribution in [0.1, 0.15) is 101 Å². The first-order valence-corrected chi connectivity index (χ1v) is 15.9. The van der Waals surface area contributed by atoms with E-state index in [0.717, 1.165) is 49.0 Å². The Balaban J connectivity index is 1.53. The number of likely N-dealkylation sites (tertiary alicyclic amines) is 1. The lowest BCUT2D eigenvalue weighted by atomic mass is 10.00. The largest absolute Gasteiger partial charge is 0.375 e. The molecule has 0 bridgehead atoms. The number of fused-ring (bicyclic) bond motifs is 1. The Labute approximate surface area is 243 Å². The van der Waals surface area contributed by atoms with Crippen LogP contribution in [0.25, 0.3) is 11.0 Å². The standard InChI is InChI=1S/C32H46N4O3S/c1-7-24(8-2)36-29-12-11-23(19-27(29)33-30(36)20-26-10-9-17-40-26)31(37)34-28(18-21(3)4)32(38)35-15-13-25(14-16-35)39-22(5)6/h9-12,17,19,21-22,24-25,28H,7-8,13-16,18,20H2,1-6H3,(H,34,37)/t28-/m0/s1. The first-order valence-electron chi connectivity index (χ1n) is 15.0. The van der Waals surface area contributed by atoms with Gasteiger partial charge in [0, 0.05) is 36.0 Å². The Morgan fingerprint density at radius 2 is 1.82 bits per heavy atom. The second-order valence-corrected chi connectivity index (χ2v) is 12.7. The normalized spacial score (nSPS) is 15.5. The maximum Gasteiger partial charge on any atom is 0.252 e. The van der Waals surface area contributed by atoms with E-state index >= 15 is 0 Å². The number of hydrogen-bond acceptors (Lipinski definition) is 5. The van der Waals surface area contributed by atoms with Crippen molar-refractivity contribution in [2.75, 3.05) is 13.1 Å². The highest BCUT2D eigenvalue weighted by atomic mass is 32.1. The Morgan fingerprint density at radius 3 is 2.42 bits per heavy atom. The Bertz CT molecular complexity index is 1250. The summed E-state index contributed by atoms with van der Waals surface area (Å²) in [5, 5.41) is 5.17. The van der Waals surface area contributed by atoms with Gasteiger partial charge in [-0.2, -0.15) is 0 Å². The summed E-state index contributed by atoms with van der Waals surface area (Å²) < 4.78 is 8.31. The van der Waals surface area contributed by atoms with Crippen molar-refractivity contribution >= 4 is 34.2 Å². The van der Waals surface area contributed by atoms with Crippen molar-refractivity contribution in [3.05, 3.63) is 52.0 Å². The van der Waals surface area contributed by atoms with E-state index in [4.69, 9.17) is 9.72 Å². The number of aromatic nitrogens is 2. The highest BCUT2D eigenvalue weighted by molar-refractivity contribution is 7.09. The monoisotopic (exact) mass is 566 g/mol. The van der Waals surface area contributed by atoms with Crippen LogP contribution in [0.15, 0.2) is 35.7 Å². The summed E-state index contributed by atoms with van der Waals surface area (Å²) in [5.41, 5.74) is 2.41. The van der Waals surface area contributed by atoms with Crippen molar-refractivity contribution in [3.8, 4) is 0 Å². The lowest BCUT2D eigenvalue weighted by molar-refractivity contribution is -0.136. The summed E-state index contributed by atoms with van der Waals surface area (Å²) in [6.07, 6.45) is 5.44. The van der Waals surface area contributed by atoms with Gasteiger partial charge in [-0.05, 0) is 81.5 Å². The van der Waals surface area contributed by atoms with Crippen molar-refractivity contribution in [2.24, 2.45) is 5.92 Å². The first-order chi connectivity index (χ1) is 19.2. The Hall–Kier alpha value is -2.71. The van der Waals surface area contributed by atoms with Gasteiger partial charge in [0.15, 0.2) is 0 Å². The number of hydrogen-bond donors (Lipinski definition) is 1. The van der Waals surface area contributed by atoms with E-state index in [1.54, 1.807) is 11.3 Å². The minimum absolute atomic E-state index is 0.00219. The molecule has 1 atom stereocenters. The van der Waals surface area contributed by atoms with Crippen molar-refractivity contribution in [2.45, 2.75) is 104 Å². The molecular weight excluding hydrogens is 520 g/mol. The highest BCUT2D eigenvalue weighted by Gasteiger charge is 2.31. The molecule has 3 aromatic rings. The van der Waals surface area contributed by atoms with E-state index in [1.165, 1.54) is 4.88 Å². The molecule has 1 saturated heterocycles. The van der Waals surface area contributed by atoms with Gasteiger partial charge in [0.2, 0.25) is 5.91 Å². The number of nitrogens with zero attached hydrogens (tertiary/aromatic N) is 3. The van der Waals surface area contributed by atoms with Crippen molar-refractivity contribution in [3.63, 3.8) is 0 Å². The van der Waals surface area contributed by atoms with Crippen LogP contribution < -0.4 is 5.32 Å². The number of nitrogens with one attached hydrogen (secondary N) is 1. The SMILES string of the molecule is CCC(CC)n1c(Cc2cccs2)nc2cc(C(=O)N[C@@H](CC(C)C)C(=O)N3CCC(OC(C)C)CC3)ccc21.